The second-order valence-electron chi connectivity index (χ2n) is 7.24. The fraction of sp³-hybridized carbons (Fsp3) is 0.429. The number of amides is 1. The summed E-state index contributed by atoms with van der Waals surface area (Å²) in [5.74, 6) is 0.683. The molecule has 0 aliphatic carbocycles. The van der Waals surface area contributed by atoms with Crippen molar-refractivity contribution in [1.29, 1.82) is 0 Å². The highest BCUT2D eigenvalue weighted by molar-refractivity contribution is 7.89. The molecule has 2 aromatic rings. The van der Waals surface area contributed by atoms with Gasteiger partial charge < -0.3 is 14.4 Å². The molecule has 162 valence electrons. The molecule has 1 aromatic carbocycles. The minimum atomic E-state index is -3.67. The van der Waals surface area contributed by atoms with Crippen LogP contribution < -0.4 is 9.47 Å². The van der Waals surface area contributed by atoms with Crippen LogP contribution in [0.1, 0.15) is 18.4 Å². The van der Waals surface area contributed by atoms with Crippen LogP contribution in [-0.2, 0) is 21.4 Å². The Kier molecular flexibility index (Phi) is 6.94. The monoisotopic (exact) mass is 433 g/mol. The van der Waals surface area contributed by atoms with Gasteiger partial charge in [-0.2, -0.15) is 4.31 Å². The summed E-state index contributed by atoms with van der Waals surface area (Å²) in [6.07, 6.45) is 4.38. The minimum absolute atomic E-state index is 0.0370. The number of piperidine rings is 1. The molecule has 0 radical (unpaired) electrons. The number of aromatic nitrogens is 1. The molecule has 3 rings (SSSR count). The van der Waals surface area contributed by atoms with Gasteiger partial charge in [-0.25, -0.2) is 8.42 Å². The van der Waals surface area contributed by atoms with Crippen LogP contribution in [0.25, 0.3) is 0 Å². The van der Waals surface area contributed by atoms with E-state index >= 15 is 0 Å². The molecule has 0 spiro atoms. The van der Waals surface area contributed by atoms with Crippen LogP contribution in [0.2, 0.25) is 0 Å². The molecule has 0 atom stereocenters. The summed E-state index contributed by atoms with van der Waals surface area (Å²) in [6.45, 7) is 1.11. The molecular formula is C21H27N3O5S. The zero-order valence-corrected chi connectivity index (χ0v) is 18.3. The maximum Gasteiger partial charge on any atom is 0.243 e. The number of hydrogen-bond acceptors (Lipinski definition) is 6. The Labute approximate surface area is 177 Å². The number of methoxy groups -OCH3 is 2. The summed E-state index contributed by atoms with van der Waals surface area (Å²) in [4.78, 5) is 18.6. The number of hydrogen-bond donors (Lipinski definition) is 0. The van der Waals surface area contributed by atoms with Crippen LogP contribution >= 0.6 is 0 Å². The van der Waals surface area contributed by atoms with E-state index in [-0.39, 0.29) is 16.7 Å². The van der Waals surface area contributed by atoms with Gasteiger partial charge in [0.1, 0.15) is 0 Å². The summed E-state index contributed by atoms with van der Waals surface area (Å²) in [6, 6.07) is 8.31. The Morgan fingerprint density at radius 2 is 1.73 bits per heavy atom. The molecule has 0 N–H and O–H groups in total. The maximum atomic E-state index is 13.0. The Hall–Kier alpha value is -2.65. The van der Waals surface area contributed by atoms with Gasteiger partial charge in [0.05, 0.1) is 19.1 Å². The molecule has 0 saturated carbocycles. The molecule has 9 heteroatoms. The molecule has 1 saturated heterocycles. The normalized spacial score (nSPS) is 15.6. The molecule has 8 nitrogen and oxygen atoms in total. The zero-order chi connectivity index (χ0) is 21.7. The highest BCUT2D eigenvalue weighted by atomic mass is 32.2. The van der Waals surface area contributed by atoms with E-state index < -0.39 is 10.0 Å². The maximum absolute atomic E-state index is 13.0. The van der Waals surface area contributed by atoms with Gasteiger partial charge in [-0.05, 0) is 42.7 Å². The molecule has 0 bridgehead atoms. The largest absolute Gasteiger partial charge is 0.493 e. The number of rotatable bonds is 7. The third kappa shape index (κ3) is 4.73. The zero-order valence-electron chi connectivity index (χ0n) is 17.4. The van der Waals surface area contributed by atoms with E-state index in [1.54, 1.807) is 30.4 Å². The number of ether oxygens (including phenoxy) is 2. The summed E-state index contributed by atoms with van der Waals surface area (Å²) >= 11 is 0. The average molecular weight is 434 g/mol. The summed E-state index contributed by atoms with van der Waals surface area (Å²) in [7, 11) is 1.07. The smallest absolute Gasteiger partial charge is 0.243 e. The van der Waals surface area contributed by atoms with Gasteiger partial charge in [0.2, 0.25) is 15.9 Å². The number of sulfonamides is 1. The van der Waals surface area contributed by atoms with E-state index in [1.807, 2.05) is 12.1 Å². The second kappa shape index (κ2) is 9.44. The third-order valence-corrected chi connectivity index (χ3v) is 7.24. The lowest BCUT2D eigenvalue weighted by atomic mass is 9.96. The average Bonchev–Trinajstić information content (AvgIpc) is 2.78. The highest BCUT2D eigenvalue weighted by Gasteiger charge is 2.33. The topological polar surface area (TPSA) is 89.0 Å². The van der Waals surface area contributed by atoms with Crippen molar-refractivity contribution in [2.24, 2.45) is 5.92 Å². The second-order valence-corrected chi connectivity index (χ2v) is 9.18. The fourth-order valence-corrected chi connectivity index (χ4v) is 5.11. The van der Waals surface area contributed by atoms with E-state index in [9.17, 15) is 13.2 Å². The van der Waals surface area contributed by atoms with Crippen molar-refractivity contribution in [2.45, 2.75) is 24.3 Å². The SMILES string of the molecule is COc1ccc(S(=O)(=O)N2CCC(C(=O)N(C)Cc3ccncc3)CC2)cc1OC. The lowest BCUT2D eigenvalue weighted by molar-refractivity contribution is -0.135. The van der Waals surface area contributed by atoms with Gasteiger partial charge >= 0.3 is 0 Å². The molecule has 1 fully saturated rings. The lowest BCUT2D eigenvalue weighted by Gasteiger charge is -2.32. The van der Waals surface area contributed by atoms with Gasteiger partial charge in [-0.1, -0.05) is 0 Å². The first kappa shape index (κ1) is 22.0. The Morgan fingerprint density at radius 3 is 2.33 bits per heavy atom. The van der Waals surface area contributed by atoms with E-state index in [0.29, 0.717) is 44.0 Å². The Morgan fingerprint density at radius 1 is 1.10 bits per heavy atom. The molecule has 1 amide bonds. The van der Waals surface area contributed by atoms with Crippen LogP contribution in [0.5, 0.6) is 11.5 Å². The lowest BCUT2D eigenvalue weighted by Crippen LogP contribution is -2.43. The van der Waals surface area contributed by atoms with Crippen molar-refractivity contribution in [1.82, 2.24) is 14.2 Å². The van der Waals surface area contributed by atoms with Crippen molar-refractivity contribution in [3.63, 3.8) is 0 Å². The fourth-order valence-electron chi connectivity index (χ4n) is 3.62. The molecular weight excluding hydrogens is 406 g/mol. The molecule has 1 aliphatic heterocycles. The first-order chi connectivity index (χ1) is 14.4. The molecule has 1 aliphatic rings. The molecule has 2 heterocycles. The van der Waals surface area contributed by atoms with E-state index in [2.05, 4.69) is 4.98 Å². The molecule has 1 aromatic heterocycles. The predicted octanol–water partition coefficient (Wildman–Crippen LogP) is 2.16. The summed E-state index contributed by atoms with van der Waals surface area (Å²) < 4.78 is 37.9. The summed E-state index contributed by atoms with van der Waals surface area (Å²) in [5, 5.41) is 0. The van der Waals surface area contributed by atoms with Crippen molar-refractivity contribution in [3.05, 3.63) is 48.3 Å². The predicted molar refractivity (Wildman–Crippen MR) is 112 cm³/mol. The third-order valence-electron chi connectivity index (χ3n) is 5.34. The van der Waals surface area contributed by atoms with E-state index in [0.717, 1.165) is 5.56 Å². The van der Waals surface area contributed by atoms with Gasteiger partial charge in [-0.15, -0.1) is 0 Å². The number of pyridine rings is 1. The van der Waals surface area contributed by atoms with Crippen LogP contribution in [0.3, 0.4) is 0 Å². The standard InChI is InChI=1S/C21H27N3O5S/c1-23(15-16-6-10-22-11-7-16)21(25)17-8-12-24(13-9-17)30(26,27)18-4-5-19(28-2)20(14-18)29-3/h4-7,10-11,14,17H,8-9,12-13,15H2,1-3H3. The Balaban J connectivity index is 1.63. The van der Waals surface area contributed by atoms with Gasteiger partial charge in [0.15, 0.2) is 11.5 Å². The number of carbonyl (C=O) groups is 1. The Bertz CT molecular complexity index is 973. The van der Waals surface area contributed by atoms with Crippen LogP contribution in [0.4, 0.5) is 0 Å². The van der Waals surface area contributed by atoms with Crippen molar-refractivity contribution >= 4 is 15.9 Å². The minimum Gasteiger partial charge on any atom is -0.493 e. The quantitative estimate of drug-likeness (QED) is 0.665. The number of benzene rings is 1. The van der Waals surface area contributed by atoms with E-state index in [4.69, 9.17) is 9.47 Å². The van der Waals surface area contributed by atoms with Crippen LogP contribution in [-0.4, -0.2) is 62.9 Å². The van der Waals surface area contributed by atoms with Crippen LogP contribution in [0.15, 0.2) is 47.6 Å². The van der Waals surface area contributed by atoms with Gasteiger partial charge in [0, 0.05) is 51.1 Å². The van der Waals surface area contributed by atoms with E-state index in [1.165, 1.54) is 30.7 Å². The first-order valence-corrected chi connectivity index (χ1v) is 11.2. The van der Waals surface area contributed by atoms with Crippen molar-refractivity contribution < 1.29 is 22.7 Å². The first-order valence-electron chi connectivity index (χ1n) is 9.73. The molecule has 0 unspecified atom stereocenters. The number of nitrogens with zero attached hydrogens (tertiary/aromatic N) is 3. The van der Waals surface area contributed by atoms with Crippen molar-refractivity contribution in [3.8, 4) is 11.5 Å². The van der Waals surface area contributed by atoms with Gasteiger partial charge in [0.25, 0.3) is 0 Å². The van der Waals surface area contributed by atoms with Gasteiger partial charge in [-0.3, -0.25) is 9.78 Å². The highest BCUT2D eigenvalue weighted by Crippen LogP contribution is 2.32. The molecule has 30 heavy (non-hydrogen) atoms. The summed E-state index contributed by atoms with van der Waals surface area (Å²) in [5.41, 5.74) is 1.01. The van der Waals surface area contributed by atoms with Crippen molar-refractivity contribution in [2.75, 3.05) is 34.4 Å². The number of carbonyl (C=O) groups excluding carboxylic acids is 1. The van der Waals surface area contributed by atoms with Crippen LogP contribution in [0, 0.1) is 5.92 Å².